The van der Waals surface area contributed by atoms with Crippen LogP contribution in [0.3, 0.4) is 0 Å². The van der Waals surface area contributed by atoms with Crippen molar-refractivity contribution in [3.05, 3.63) is 52.6 Å². The summed E-state index contributed by atoms with van der Waals surface area (Å²) in [5.74, 6) is -0.126. The Kier molecular flexibility index (Phi) is 3.33. The molecule has 102 valence electrons. The summed E-state index contributed by atoms with van der Waals surface area (Å²) in [4.78, 5) is 32.2. The van der Waals surface area contributed by atoms with Gasteiger partial charge in [-0.15, -0.1) is 0 Å². The standard InChI is InChI=1S/C15H15N3O2/c19-14(18-8-4-5-9-18)13-10-12(16-15(20)17-13)11-6-2-1-3-7-11/h1-3,6-7,10H,4-5,8-9H2,(H,16,17,20). The predicted molar refractivity (Wildman–Crippen MR) is 75.4 cm³/mol. The summed E-state index contributed by atoms with van der Waals surface area (Å²) in [5.41, 5.74) is 1.17. The van der Waals surface area contributed by atoms with E-state index < -0.39 is 5.69 Å². The highest BCUT2D eigenvalue weighted by Gasteiger charge is 2.21. The lowest BCUT2D eigenvalue weighted by atomic mass is 10.1. The minimum Gasteiger partial charge on any atom is -0.337 e. The van der Waals surface area contributed by atoms with Crippen LogP contribution in [-0.4, -0.2) is 33.9 Å². The van der Waals surface area contributed by atoms with Crippen LogP contribution < -0.4 is 5.69 Å². The molecule has 1 aliphatic heterocycles. The molecule has 5 heteroatoms. The SMILES string of the molecule is O=C(c1cc(-c2ccccc2)nc(=O)[nH]1)N1CCCC1. The van der Waals surface area contributed by atoms with Crippen LogP contribution in [0.2, 0.25) is 0 Å². The van der Waals surface area contributed by atoms with Gasteiger partial charge in [-0.2, -0.15) is 4.98 Å². The number of hydrogen-bond donors (Lipinski definition) is 1. The average Bonchev–Trinajstić information content (AvgIpc) is 3.01. The van der Waals surface area contributed by atoms with Crippen LogP contribution >= 0.6 is 0 Å². The predicted octanol–water partition coefficient (Wildman–Crippen LogP) is 1.67. The van der Waals surface area contributed by atoms with Gasteiger partial charge in [-0.1, -0.05) is 30.3 Å². The molecule has 0 aliphatic carbocycles. The van der Waals surface area contributed by atoms with E-state index in [1.54, 1.807) is 11.0 Å². The van der Waals surface area contributed by atoms with Gasteiger partial charge < -0.3 is 9.88 Å². The van der Waals surface area contributed by atoms with E-state index in [4.69, 9.17) is 0 Å². The Morgan fingerprint density at radius 2 is 1.85 bits per heavy atom. The van der Waals surface area contributed by atoms with Crippen LogP contribution in [-0.2, 0) is 0 Å². The highest BCUT2D eigenvalue weighted by Crippen LogP contribution is 2.17. The molecule has 0 spiro atoms. The van der Waals surface area contributed by atoms with Crippen LogP contribution in [0.4, 0.5) is 0 Å². The van der Waals surface area contributed by atoms with Crippen molar-refractivity contribution in [2.45, 2.75) is 12.8 Å². The molecule has 0 radical (unpaired) electrons. The first-order valence-corrected chi connectivity index (χ1v) is 6.70. The second kappa shape index (κ2) is 5.28. The number of carbonyl (C=O) groups is 1. The number of nitrogens with one attached hydrogen (secondary N) is 1. The summed E-state index contributed by atoms with van der Waals surface area (Å²) < 4.78 is 0. The molecular formula is C15H15N3O2. The van der Waals surface area contributed by atoms with Crippen molar-refractivity contribution < 1.29 is 4.79 Å². The smallest absolute Gasteiger partial charge is 0.337 e. The van der Waals surface area contributed by atoms with Gasteiger partial charge in [0.2, 0.25) is 0 Å². The van der Waals surface area contributed by atoms with Gasteiger partial charge in [0, 0.05) is 18.7 Å². The van der Waals surface area contributed by atoms with Crippen LogP contribution in [0.15, 0.2) is 41.2 Å². The third kappa shape index (κ3) is 2.47. The van der Waals surface area contributed by atoms with E-state index in [2.05, 4.69) is 9.97 Å². The van der Waals surface area contributed by atoms with Crippen molar-refractivity contribution in [1.29, 1.82) is 0 Å². The van der Waals surface area contributed by atoms with Crippen molar-refractivity contribution >= 4 is 5.91 Å². The molecule has 1 saturated heterocycles. The fourth-order valence-electron chi connectivity index (χ4n) is 2.42. The molecule has 1 N–H and O–H groups in total. The lowest BCUT2D eigenvalue weighted by molar-refractivity contribution is 0.0786. The van der Waals surface area contributed by atoms with Crippen LogP contribution in [0.1, 0.15) is 23.3 Å². The molecule has 1 aromatic heterocycles. The number of nitrogens with zero attached hydrogens (tertiary/aromatic N) is 2. The largest absolute Gasteiger partial charge is 0.346 e. The summed E-state index contributed by atoms with van der Waals surface area (Å²) >= 11 is 0. The van der Waals surface area contributed by atoms with E-state index in [0.717, 1.165) is 31.5 Å². The Hall–Kier alpha value is -2.43. The molecule has 0 atom stereocenters. The van der Waals surface area contributed by atoms with Gasteiger partial charge in [-0.05, 0) is 18.9 Å². The summed E-state index contributed by atoms with van der Waals surface area (Å²) in [5, 5.41) is 0. The van der Waals surface area contributed by atoms with Crippen LogP contribution in [0.25, 0.3) is 11.3 Å². The molecule has 1 amide bonds. The number of benzene rings is 1. The number of rotatable bonds is 2. The zero-order valence-electron chi connectivity index (χ0n) is 11.0. The van der Waals surface area contributed by atoms with E-state index in [1.165, 1.54) is 0 Å². The normalized spacial score (nSPS) is 14.5. The number of aromatic nitrogens is 2. The van der Waals surface area contributed by atoms with Crippen molar-refractivity contribution in [3.63, 3.8) is 0 Å². The Balaban J connectivity index is 1.98. The lowest BCUT2D eigenvalue weighted by Crippen LogP contribution is -2.30. The molecule has 20 heavy (non-hydrogen) atoms. The maximum absolute atomic E-state index is 12.3. The number of likely N-dealkylation sites (tertiary alicyclic amines) is 1. The molecule has 1 aromatic carbocycles. The number of aromatic amines is 1. The van der Waals surface area contributed by atoms with Gasteiger partial charge >= 0.3 is 5.69 Å². The average molecular weight is 269 g/mol. The van der Waals surface area contributed by atoms with Gasteiger partial charge in [0.05, 0.1) is 5.69 Å². The lowest BCUT2D eigenvalue weighted by Gasteiger charge is -2.15. The molecule has 3 rings (SSSR count). The van der Waals surface area contributed by atoms with E-state index in [1.807, 2.05) is 30.3 Å². The number of hydrogen-bond acceptors (Lipinski definition) is 3. The fourth-order valence-corrected chi connectivity index (χ4v) is 2.42. The molecule has 1 aliphatic rings. The maximum atomic E-state index is 12.3. The molecule has 0 bridgehead atoms. The first-order chi connectivity index (χ1) is 9.74. The van der Waals surface area contributed by atoms with Crippen molar-refractivity contribution in [2.24, 2.45) is 0 Å². The van der Waals surface area contributed by atoms with Gasteiger partial charge in [-0.3, -0.25) is 4.79 Å². The molecule has 1 fully saturated rings. The van der Waals surface area contributed by atoms with Crippen LogP contribution in [0, 0.1) is 0 Å². The third-order valence-corrected chi connectivity index (χ3v) is 3.44. The number of H-pyrrole nitrogens is 1. The van der Waals surface area contributed by atoms with Gasteiger partial charge in [0.15, 0.2) is 0 Å². The minimum atomic E-state index is -0.492. The Morgan fingerprint density at radius 3 is 2.55 bits per heavy atom. The van der Waals surface area contributed by atoms with Crippen molar-refractivity contribution in [2.75, 3.05) is 13.1 Å². The monoisotopic (exact) mass is 269 g/mol. The van der Waals surface area contributed by atoms with Crippen molar-refractivity contribution in [1.82, 2.24) is 14.9 Å². The third-order valence-electron chi connectivity index (χ3n) is 3.44. The quantitative estimate of drug-likeness (QED) is 0.902. The topological polar surface area (TPSA) is 66.1 Å². The Bertz CT molecular complexity index is 673. The second-order valence-electron chi connectivity index (χ2n) is 4.85. The van der Waals surface area contributed by atoms with E-state index in [-0.39, 0.29) is 5.91 Å². The molecule has 0 saturated carbocycles. The molecule has 5 nitrogen and oxygen atoms in total. The van der Waals surface area contributed by atoms with E-state index in [0.29, 0.717) is 11.4 Å². The first-order valence-electron chi connectivity index (χ1n) is 6.70. The number of carbonyl (C=O) groups excluding carboxylic acids is 1. The summed E-state index contributed by atoms with van der Waals surface area (Å²) in [6.45, 7) is 1.51. The summed E-state index contributed by atoms with van der Waals surface area (Å²) in [6, 6.07) is 11.0. The number of amides is 1. The highest BCUT2D eigenvalue weighted by atomic mass is 16.2. The molecule has 0 unspecified atom stereocenters. The molecule has 2 aromatic rings. The second-order valence-corrected chi connectivity index (χ2v) is 4.85. The minimum absolute atomic E-state index is 0.126. The van der Waals surface area contributed by atoms with Gasteiger partial charge in [0.1, 0.15) is 5.69 Å². The molecular weight excluding hydrogens is 254 g/mol. The zero-order valence-corrected chi connectivity index (χ0v) is 11.0. The summed E-state index contributed by atoms with van der Waals surface area (Å²) in [7, 11) is 0. The Morgan fingerprint density at radius 1 is 1.15 bits per heavy atom. The van der Waals surface area contributed by atoms with Gasteiger partial charge in [0.25, 0.3) is 5.91 Å². The Labute approximate surface area is 116 Å². The van der Waals surface area contributed by atoms with Gasteiger partial charge in [-0.25, -0.2) is 4.79 Å². The van der Waals surface area contributed by atoms with E-state index >= 15 is 0 Å². The summed E-state index contributed by atoms with van der Waals surface area (Å²) in [6.07, 6.45) is 2.04. The molecule has 2 heterocycles. The zero-order chi connectivity index (χ0) is 13.9. The first kappa shape index (κ1) is 12.6. The van der Waals surface area contributed by atoms with Crippen molar-refractivity contribution in [3.8, 4) is 11.3 Å². The van der Waals surface area contributed by atoms with Crippen LogP contribution in [0.5, 0.6) is 0 Å². The fraction of sp³-hybridized carbons (Fsp3) is 0.267. The highest BCUT2D eigenvalue weighted by molar-refractivity contribution is 5.93. The maximum Gasteiger partial charge on any atom is 0.346 e. The van der Waals surface area contributed by atoms with E-state index in [9.17, 15) is 9.59 Å².